The Morgan fingerprint density at radius 1 is 0.839 bits per heavy atom. The molecule has 0 bridgehead atoms. The maximum absolute atomic E-state index is 12.4. The van der Waals surface area contributed by atoms with Crippen molar-refractivity contribution in [3.63, 3.8) is 0 Å². The van der Waals surface area contributed by atoms with Crippen molar-refractivity contribution in [3.05, 3.63) is 66.2 Å². The lowest BCUT2D eigenvalue weighted by atomic mass is 10.2. The van der Waals surface area contributed by atoms with Gasteiger partial charge in [-0.25, -0.2) is 4.79 Å². The van der Waals surface area contributed by atoms with E-state index in [9.17, 15) is 14.4 Å². The van der Waals surface area contributed by atoms with E-state index < -0.39 is 6.09 Å². The number of alkyl carbamates (subject to hydrolysis) is 1. The molecule has 0 saturated carbocycles. The van der Waals surface area contributed by atoms with E-state index in [0.717, 1.165) is 24.3 Å². The molecule has 1 aliphatic rings. The van der Waals surface area contributed by atoms with E-state index in [1.54, 1.807) is 0 Å². The molecule has 0 aliphatic carbocycles. The number of nitrogens with one attached hydrogen (secondary N) is 2. The quantitative estimate of drug-likeness (QED) is 0.674. The van der Waals surface area contributed by atoms with Gasteiger partial charge in [-0.2, -0.15) is 0 Å². The molecule has 0 spiro atoms. The number of carbonyl (C=O) groups is 3. The maximum atomic E-state index is 12.4. The lowest BCUT2D eigenvalue weighted by molar-refractivity contribution is -0.131. The van der Waals surface area contributed by atoms with Crippen LogP contribution < -0.4 is 15.5 Å². The van der Waals surface area contributed by atoms with Gasteiger partial charge in [0.1, 0.15) is 6.61 Å². The number of nitrogens with zero attached hydrogens (tertiary/aromatic N) is 2. The number of rotatable bonds is 8. The normalized spacial score (nSPS) is 13.4. The van der Waals surface area contributed by atoms with Crippen LogP contribution in [0.25, 0.3) is 0 Å². The molecule has 1 fully saturated rings. The summed E-state index contributed by atoms with van der Waals surface area (Å²) in [5, 5.41) is 5.05. The van der Waals surface area contributed by atoms with Crippen molar-refractivity contribution in [3.8, 4) is 0 Å². The van der Waals surface area contributed by atoms with Crippen molar-refractivity contribution in [2.75, 3.05) is 44.2 Å². The second-order valence-electron chi connectivity index (χ2n) is 7.22. The van der Waals surface area contributed by atoms with Gasteiger partial charge in [0.2, 0.25) is 11.8 Å². The van der Waals surface area contributed by atoms with Gasteiger partial charge in [-0.1, -0.05) is 48.5 Å². The van der Waals surface area contributed by atoms with Crippen LogP contribution in [-0.4, -0.2) is 62.1 Å². The van der Waals surface area contributed by atoms with Crippen LogP contribution in [0.1, 0.15) is 12.0 Å². The molecule has 2 aromatic carbocycles. The fraction of sp³-hybridized carbons (Fsp3) is 0.348. The van der Waals surface area contributed by atoms with E-state index in [1.807, 2.05) is 53.4 Å². The Kier molecular flexibility index (Phi) is 8.28. The summed E-state index contributed by atoms with van der Waals surface area (Å²) in [7, 11) is 0. The third kappa shape index (κ3) is 7.33. The summed E-state index contributed by atoms with van der Waals surface area (Å²) < 4.78 is 5.05. The molecule has 0 unspecified atom stereocenters. The van der Waals surface area contributed by atoms with Crippen LogP contribution in [0.15, 0.2) is 60.7 Å². The highest BCUT2D eigenvalue weighted by Gasteiger charge is 2.21. The second-order valence-corrected chi connectivity index (χ2v) is 7.22. The van der Waals surface area contributed by atoms with Gasteiger partial charge in [0.25, 0.3) is 0 Å². The molecule has 0 radical (unpaired) electrons. The number of benzene rings is 2. The van der Waals surface area contributed by atoms with Gasteiger partial charge in [-0.3, -0.25) is 9.59 Å². The van der Waals surface area contributed by atoms with Crippen LogP contribution in [-0.2, 0) is 20.9 Å². The largest absolute Gasteiger partial charge is 0.445 e. The molecule has 164 valence electrons. The molecule has 0 atom stereocenters. The Balaban J connectivity index is 1.26. The number of amides is 3. The molecule has 2 N–H and O–H groups in total. The molecule has 1 heterocycles. The van der Waals surface area contributed by atoms with E-state index in [1.165, 1.54) is 0 Å². The topological polar surface area (TPSA) is 91.0 Å². The summed E-state index contributed by atoms with van der Waals surface area (Å²) in [5.74, 6) is -0.346. The summed E-state index contributed by atoms with van der Waals surface area (Å²) in [6.07, 6.45) is -0.429. The van der Waals surface area contributed by atoms with Gasteiger partial charge in [0.15, 0.2) is 0 Å². The summed E-state index contributed by atoms with van der Waals surface area (Å²) in [4.78, 5) is 40.0. The number of para-hydroxylation sites is 1. The van der Waals surface area contributed by atoms with Crippen LogP contribution in [0.4, 0.5) is 10.5 Å². The van der Waals surface area contributed by atoms with Crippen molar-refractivity contribution in [2.45, 2.75) is 13.0 Å². The monoisotopic (exact) mass is 424 g/mol. The van der Waals surface area contributed by atoms with E-state index >= 15 is 0 Å². The third-order valence-corrected chi connectivity index (χ3v) is 5.02. The molecule has 3 amide bonds. The number of anilines is 1. The minimum absolute atomic E-state index is 0.0169. The smallest absolute Gasteiger partial charge is 0.407 e. The molecule has 1 aliphatic heterocycles. The van der Waals surface area contributed by atoms with Gasteiger partial charge in [-0.15, -0.1) is 0 Å². The summed E-state index contributed by atoms with van der Waals surface area (Å²) in [6.45, 7) is 3.08. The Morgan fingerprint density at radius 2 is 1.48 bits per heavy atom. The fourth-order valence-corrected chi connectivity index (χ4v) is 3.31. The molecule has 2 aromatic rings. The van der Waals surface area contributed by atoms with Crippen LogP contribution >= 0.6 is 0 Å². The zero-order valence-electron chi connectivity index (χ0n) is 17.5. The average molecular weight is 425 g/mol. The first-order chi connectivity index (χ1) is 15.1. The molecular formula is C23H28N4O4. The summed E-state index contributed by atoms with van der Waals surface area (Å²) in [6, 6.07) is 19.4. The number of hydrogen-bond donors (Lipinski definition) is 2. The fourth-order valence-electron chi connectivity index (χ4n) is 3.31. The molecule has 8 nitrogen and oxygen atoms in total. The molecule has 0 aromatic heterocycles. The Hall–Kier alpha value is -3.55. The zero-order chi connectivity index (χ0) is 21.9. The van der Waals surface area contributed by atoms with Crippen molar-refractivity contribution in [2.24, 2.45) is 0 Å². The highest BCUT2D eigenvalue weighted by atomic mass is 16.5. The summed E-state index contributed by atoms with van der Waals surface area (Å²) in [5.41, 5.74) is 2.03. The average Bonchev–Trinajstić information content (AvgIpc) is 2.82. The molecular weight excluding hydrogens is 396 g/mol. The lowest BCUT2D eigenvalue weighted by Gasteiger charge is -2.36. The molecule has 31 heavy (non-hydrogen) atoms. The lowest BCUT2D eigenvalue weighted by Crippen LogP contribution is -2.49. The second kappa shape index (κ2) is 11.6. The van der Waals surface area contributed by atoms with Gasteiger partial charge in [-0.05, 0) is 17.7 Å². The molecule has 3 rings (SSSR count). The standard InChI is InChI=1S/C23H28N4O4/c28-21(17-25-23(30)31-18-19-7-3-1-4-8-19)24-12-11-22(29)27-15-13-26(14-16-27)20-9-5-2-6-10-20/h1-10H,11-18H2,(H,24,28)(H,25,30). The first-order valence-corrected chi connectivity index (χ1v) is 10.4. The Labute approximate surface area is 182 Å². The Morgan fingerprint density at radius 3 is 2.16 bits per heavy atom. The van der Waals surface area contributed by atoms with Gasteiger partial charge >= 0.3 is 6.09 Å². The van der Waals surface area contributed by atoms with Crippen LogP contribution in [0.3, 0.4) is 0 Å². The predicted octanol–water partition coefficient (Wildman–Crippen LogP) is 1.77. The predicted molar refractivity (Wildman–Crippen MR) is 117 cm³/mol. The number of hydrogen-bond acceptors (Lipinski definition) is 5. The molecule has 1 saturated heterocycles. The van der Waals surface area contributed by atoms with Crippen molar-refractivity contribution < 1.29 is 19.1 Å². The van der Waals surface area contributed by atoms with Crippen molar-refractivity contribution in [1.82, 2.24) is 15.5 Å². The maximum Gasteiger partial charge on any atom is 0.407 e. The third-order valence-electron chi connectivity index (χ3n) is 5.02. The van der Waals surface area contributed by atoms with Gasteiger partial charge < -0.3 is 25.2 Å². The minimum atomic E-state index is -0.661. The number of piperazine rings is 1. The summed E-state index contributed by atoms with van der Waals surface area (Å²) >= 11 is 0. The SMILES string of the molecule is O=C(CNC(=O)OCc1ccccc1)NCCC(=O)N1CCN(c2ccccc2)CC1. The highest BCUT2D eigenvalue weighted by molar-refractivity contribution is 5.83. The van der Waals surface area contributed by atoms with Crippen molar-refractivity contribution in [1.29, 1.82) is 0 Å². The highest BCUT2D eigenvalue weighted by Crippen LogP contribution is 2.15. The van der Waals surface area contributed by atoms with E-state index in [-0.39, 0.29) is 37.9 Å². The zero-order valence-corrected chi connectivity index (χ0v) is 17.5. The number of ether oxygens (including phenoxy) is 1. The van der Waals surface area contributed by atoms with Gasteiger partial charge in [0, 0.05) is 44.8 Å². The minimum Gasteiger partial charge on any atom is -0.445 e. The van der Waals surface area contributed by atoms with Crippen LogP contribution in [0.5, 0.6) is 0 Å². The molecule has 8 heteroatoms. The van der Waals surface area contributed by atoms with Crippen molar-refractivity contribution >= 4 is 23.6 Å². The van der Waals surface area contributed by atoms with Gasteiger partial charge in [0.05, 0.1) is 6.54 Å². The first kappa shape index (κ1) is 22.1. The van der Waals surface area contributed by atoms with E-state index in [2.05, 4.69) is 27.7 Å². The Bertz CT molecular complexity index is 852. The van der Waals surface area contributed by atoms with Crippen LogP contribution in [0, 0.1) is 0 Å². The van der Waals surface area contributed by atoms with E-state index in [4.69, 9.17) is 4.74 Å². The van der Waals surface area contributed by atoms with E-state index in [0.29, 0.717) is 13.1 Å². The number of carbonyl (C=O) groups excluding carboxylic acids is 3. The first-order valence-electron chi connectivity index (χ1n) is 10.4. The van der Waals surface area contributed by atoms with Crippen LogP contribution in [0.2, 0.25) is 0 Å².